The summed E-state index contributed by atoms with van der Waals surface area (Å²) in [5, 5.41) is 0.643. The minimum absolute atomic E-state index is 0.0632. The summed E-state index contributed by atoms with van der Waals surface area (Å²) >= 11 is 1.49. The number of hydrogen-bond donors (Lipinski definition) is 0. The fourth-order valence-electron chi connectivity index (χ4n) is 2.49. The standard InChI is InChI=1S/C18H19N3OS/c1-13(17(22)20(2)14-9-5-4-6-10-14)23-18-19-15-11-7-8-12-16(15)21(18)3/h4-13H,1-3H3/t13-/m0/s1. The fraction of sp³-hybridized carbons (Fsp3) is 0.222. The SMILES string of the molecule is C[C@H](Sc1nc2ccccc2n1C)C(=O)N(C)c1ccccc1. The van der Waals surface area contributed by atoms with Crippen molar-refractivity contribution in [2.45, 2.75) is 17.3 Å². The molecule has 0 saturated heterocycles. The number of carbonyl (C=O) groups excluding carboxylic acids is 1. The Kier molecular flexibility index (Phi) is 4.39. The Morgan fingerprint density at radius 1 is 1.13 bits per heavy atom. The van der Waals surface area contributed by atoms with Crippen molar-refractivity contribution in [1.82, 2.24) is 9.55 Å². The third-order valence-corrected chi connectivity index (χ3v) is 4.98. The van der Waals surface area contributed by atoms with E-state index in [1.807, 2.05) is 80.2 Å². The van der Waals surface area contributed by atoms with Gasteiger partial charge in [-0.25, -0.2) is 4.98 Å². The van der Waals surface area contributed by atoms with Crippen molar-refractivity contribution in [3.63, 3.8) is 0 Å². The van der Waals surface area contributed by atoms with E-state index in [-0.39, 0.29) is 11.2 Å². The molecular weight excluding hydrogens is 306 g/mol. The number of benzene rings is 2. The number of aryl methyl sites for hydroxylation is 1. The van der Waals surface area contributed by atoms with Gasteiger partial charge in [0, 0.05) is 19.8 Å². The van der Waals surface area contributed by atoms with E-state index in [0.29, 0.717) is 0 Å². The van der Waals surface area contributed by atoms with Crippen molar-refractivity contribution in [3.8, 4) is 0 Å². The molecular formula is C18H19N3OS. The van der Waals surface area contributed by atoms with Crippen LogP contribution in [0.1, 0.15) is 6.92 Å². The van der Waals surface area contributed by atoms with Crippen molar-refractivity contribution < 1.29 is 4.79 Å². The maximum atomic E-state index is 12.6. The number of fused-ring (bicyclic) bond motifs is 1. The molecule has 0 spiro atoms. The molecule has 23 heavy (non-hydrogen) atoms. The Labute approximate surface area is 140 Å². The first-order chi connectivity index (χ1) is 11.1. The van der Waals surface area contributed by atoms with Crippen LogP contribution in [0.4, 0.5) is 5.69 Å². The quantitative estimate of drug-likeness (QED) is 0.686. The van der Waals surface area contributed by atoms with Crippen LogP contribution >= 0.6 is 11.8 Å². The van der Waals surface area contributed by atoms with Crippen LogP contribution in [0.5, 0.6) is 0 Å². The molecule has 0 radical (unpaired) electrons. The normalized spacial score (nSPS) is 12.3. The van der Waals surface area contributed by atoms with Gasteiger partial charge in [-0.15, -0.1) is 0 Å². The minimum atomic E-state index is -0.212. The molecule has 3 rings (SSSR count). The van der Waals surface area contributed by atoms with Gasteiger partial charge in [0.2, 0.25) is 5.91 Å². The number of amides is 1. The van der Waals surface area contributed by atoms with E-state index in [9.17, 15) is 4.79 Å². The van der Waals surface area contributed by atoms with Crippen molar-refractivity contribution in [1.29, 1.82) is 0 Å². The second-order valence-electron chi connectivity index (χ2n) is 5.43. The lowest BCUT2D eigenvalue weighted by atomic mass is 10.3. The fourth-order valence-corrected chi connectivity index (χ4v) is 3.47. The molecule has 1 amide bonds. The van der Waals surface area contributed by atoms with Gasteiger partial charge in [0.1, 0.15) is 0 Å². The third-order valence-electron chi connectivity index (χ3n) is 3.85. The van der Waals surface area contributed by atoms with Gasteiger partial charge in [0.25, 0.3) is 0 Å². The number of carbonyl (C=O) groups is 1. The van der Waals surface area contributed by atoms with Gasteiger partial charge in [0.05, 0.1) is 16.3 Å². The number of rotatable bonds is 4. The average molecular weight is 325 g/mol. The summed E-state index contributed by atoms with van der Waals surface area (Å²) in [4.78, 5) is 19.0. The van der Waals surface area contributed by atoms with Crippen LogP contribution in [0.15, 0.2) is 59.8 Å². The first-order valence-corrected chi connectivity index (χ1v) is 8.36. The number of hydrogen-bond acceptors (Lipinski definition) is 3. The molecule has 1 heterocycles. The lowest BCUT2D eigenvalue weighted by molar-refractivity contribution is -0.117. The number of anilines is 1. The predicted molar refractivity (Wildman–Crippen MR) is 95.9 cm³/mol. The smallest absolute Gasteiger partial charge is 0.240 e. The van der Waals surface area contributed by atoms with Crippen LogP contribution in [0, 0.1) is 0 Å². The average Bonchev–Trinajstić information content (AvgIpc) is 2.90. The zero-order chi connectivity index (χ0) is 16.4. The molecule has 1 aromatic heterocycles. The summed E-state index contributed by atoms with van der Waals surface area (Å²) in [6, 6.07) is 17.7. The van der Waals surface area contributed by atoms with E-state index in [1.165, 1.54) is 11.8 Å². The predicted octanol–water partition coefficient (Wildman–Crippen LogP) is 3.72. The van der Waals surface area contributed by atoms with E-state index < -0.39 is 0 Å². The second-order valence-corrected chi connectivity index (χ2v) is 6.74. The zero-order valence-electron chi connectivity index (χ0n) is 13.4. The van der Waals surface area contributed by atoms with Gasteiger partial charge < -0.3 is 9.47 Å². The number of thioether (sulfide) groups is 1. The highest BCUT2D eigenvalue weighted by atomic mass is 32.2. The Bertz CT molecular complexity index is 829. The van der Waals surface area contributed by atoms with Crippen molar-refractivity contribution in [3.05, 3.63) is 54.6 Å². The number of nitrogens with zero attached hydrogens (tertiary/aromatic N) is 3. The molecule has 2 aromatic carbocycles. The molecule has 3 aromatic rings. The first kappa shape index (κ1) is 15.6. The van der Waals surface area contributed by atoms with Gasteiger partial charge in [-0.2, -0.15) is 0 Å². The van der Waals surface area contributed by atoms with Crippen LogP contribution in [0.2, 0.25) is 0 Å². The highest BCUT2D eigenvalue weighted by molar-refractivity contribution is 8.00. The van der Waals surface area contributed by atoms with Crippen LogP contribution in [0.3, 0.4) is 0 Å². The highest BCUT2D eigenvalue weighted by Crippen LogP contribution is 2.27. The highest BCUT2D eigenvalue weighted by Gasteiger charge is 2.22. The topological polar surface area (TPSA) is 38.1 Å². The molecule has 118 valence electrons. The molecule has 0 aliphatic rings. The van der Waals surface area contributed by atoms with E-state index >= 15 is 0 Å². The molecule has 4 nitrogen and oxygen atoms in total. The van der Waals surface area contributed by atoms with E-state index in [4.69, 9.17) is 0 Å². The molecule has 0 saturated carbocycles. The number of imidazole rings is 1. The summed E-state index contributed by atoms with van der Waals surface area (Å²) in [7, 11) is 3.79. The molecule has 0 aliphatic heterocycles. The van der Waals surface area contributed by atoms with E-state index in [0.717, 1.165) is 21.9 Å². The van der Waals surface area contributed by atoms with E-state index in [2.05, 4.69) is 4.98 Å². The molecule has 0 unspecified atom stereocenters. The molecule has 1 atom stereocenters. The van der Waals surface area contributed by atoms with Gasteiger partial charge in [-0.1, -0.05) is 42.1 Å². The summed E-state index contributed by atoms with van der Waals surface area (Å²) in [6.07, 6.45) is 0. The van der Waals surface area contributed by atoms with Gasteiger partial charge in [-0.3, -0.25) is 4.79 Å². The summed E-state index contributed by atoms with van der Waals surface area (Å²) in [5.74, 6) is 0.0632. The van der Waals surface area contributed by atoms with Crippen LogP contribution in [0.25, 0.3) is 11.0 Å². The van der Waals surface area contributed by atoms with Gasteiger partial charge >= 0.3 is 0 Å². The Morgan fingerprint density at radius 2 is 1.78 bits per heavy atom. The van der Waals surface area contributed by atoms with Gasteiger partial charge in [0.15, 0.2) is 5.16 Å². The van der Waals surface area contributed by atoms with E-state index in [1.54, 1.807) is 4.90 Å². The lowest BCUT2D eigenvalue weighted by Crippen LogP contribution is -2.33. The Morgan fingerprint density at radius 3 is 2.48 bits per heavy atom. The summed E-state index contributed by atoms with van der Waals surface area (Å²) in [6.45, 7) is 1.92. The maximum absolute atomic E-state index is 12.6. The molecule has 0 aliphatic carbocycles. The Hall–Kier alpha value is -2.27. The zero-order valence-corrected chi connectivity index (χ0v) is 14.2. The number of aromatic nitrogens is 2. The van der Waals surface area contributed by atoms with Crippen molar-refractivity contribution >= 4 is 34.4 Å². The summed E-state index contributed by atoms with van der Waals surface area (Å²) < 4.78 is 2.03. The lowest BCUT2D eigenvalue weighted by Gasteiger charge is -2.21. The van der Waals surface area contributed by atoms with Crippen molar-refractivity contribution in [2.75, 3.05) is 11.9 Å². The molecule has 0 bridgehead atoms. The van der Waals surface area contributed by atoms with Crippen LogP contribution < -0.4 is 4.90 Å². The molecule has 0 N–H and O–H groups in total. The summed E-state index contributed by atoms with van der Waals surface area (Å²) in [5.41, 5.74) is 2.93. The molecule has 5 heteroatoms. The minimum Gasteiger partial charge on any atom is -0.322 e. The van der Waals surface area contributed by atoms with Crippen LogP contribution in [-0.4, -0.2) is 27.8 Å². The largest absolute Gasteiger partial charge is 0.322 e. The van der Waals surface area contributed by atoms with Gasteiger partial charge in [-0.05, 0) is 31.2 Å². The first-order valence-electron chi connectivity index (χ1n) is 7.48. The molecule has 0 fully saturated rings. The third kappa shape index (κ3) is 3.10. The van der Waals surface area contributed by atoms with Crippen LogP contribution in [-0.2, 0) is 11.8 Å². The number of para-hydroxylation sites is 3. The second kappa shape index (κ2) is 6.46. The van der Waals surface area contributed by atoms with Crippen molar-refractivity contribution in [2.24, 2.45) is 7.05 Å². The maximum Gasteiger partial charge on any atom is 0.240 e. The Balaban J connectivity index is 1.79. The monoisotopic (exact) mass is 325 g/mol.